The van der Waals surface area contributed by atoms with Crippen LogP contribution in [0.15, 0.2) is 132 Å². The van der Waals surface area contributed by atoms with Crippen LogP contribution in [0.25, 0.3) is 55.3 Å². The summed E-state index contributed by atoms with van der Waals surface area (Å²) in [4.78, 5) is 0. The molecule has 1 atom stereocenters. The third-order valence-electron chi connectivity index (χ3n) is 9.04. The van der Waals surface area contributed by atoms with E-state index in [0.29, 0.717) is 0 Å². The van der Waals surface area contributed by atoms with Crippen molar-refractivity contribution in [3.8, 4) is 33.4 Å². The summed E-state index contributed by atoms with van der Waals surface area (Å²) in [5.41, 5.74) is 16.1. The average molecular weight is 497 g/mol. The van der Waals surface area contributed by atoms with E-state index in [9.17, 15) is 0 Å². The Balaban J connectivity index is 1.53. The summed E-state index contributed by atoms with van der Waals surface area (Å²) in [6.45, 7) is 2.22. The lowest BCUT2D eigenvalue weighted by atomic mass is 9.68. The van der Waals surface area contributed by atoms with Crippen molar-refractivity contribution in [2.45, 2.75) is 12.3 Å². The molecule has 0 amide bonds. The van der Waals surface area contributed by atoms with Crippen molar-refractivity contribution in [3.63, 3.8) is 0 Å². The highest BCUT2D eigenvalue weighted by atomic mass is 16.3. The molecule has 39 heavy (non-hydrogen) atoms. The Morgan fingerprint density at radius 2 is 1.08 bits per heavy atom. The van der Waals surface area contributed by atoms with Gasteiger partial charge in [0.2, 0.25) is 0 Å². The van der Waals surface area contributed by atoms with Gasteiger partial charge in [-0.05, 0) is 80.3 Å². The second kappa shape index (κ2) is 7.36. The zero-order valence-electron chi connectivity index (χ0n) is 21.5. The maximum atomic E-state index is 6.39. The van der Waals surface area contributed by atoms with Crippen LogP contribution < -0.4 is 0 Å². The Labute approximate surface area is 227 Å². The normalized spacial score (nSPS) is 16.4. The maximum Gasteiger partial charge on any atom is 0.136 e. The molecule has 0 radical (unpaired) electrons. The standard InChI is InChI=1S/C38H24O/c1-23-11-2-3-12-24(23)26-16-10-17-27-25-13-4-7-18-30(25)38(37(26)27)31-19-8-5-14-28(31)35-32(38)21-22-34-36(35)29-15-6-9-20-33(29)39-34/h2-22H,1H3. The first-order chi connectivity index (χ1) is 19.3. The van der Waals surface area contributed by atoms with Crippen LogP contribution in [0.3, 0.4) is 0 Å². The van der Waals surface area contributed by atoms with Gasteiger partial charge in [0.05, 0.1) is 5.41 Å². The van der Waals surface area contributed by atoms with E-state index in [4.69, 9.17) is 4.42 Å². The van der Waals surface area contributed by atoms with Crippen molar-refractivity contribution in [3.05, 3.63) is 155 Å². The smallest absolute Gasteiger partial charge is 0.136 e. The monoisotopic (exact) mass is 496 g/mol. The molecule has 9 rings (SSSR count). The molecule has 2 aliphatic rings. The van der Waals surface area contributed by atoms with Crippen molar-refractivity contribution in [2.24, 2.45) is 0 Å². The van der Waals surface area contributed by atoms with E-state index < -0.39 is 5.41 Å². The van der Waals surface area contributed by atoms with Crippen LogP contribution in [-0.2, 0) is 5.41 Å². The van der Waals surface area contributed by atoms with Gasteiger partial charge < -0.3 is 4.42 Å². The van der Waals surface area contributed by atoms with Crippen molar-refractivity contribution >= 4 is 21.9 Å². The lowest BCUT2D eigenvalue weighted by molar-refractivity contribution is 0.668. The Morgan fingerprint density at radius 3 is 1.90 bits per heavy atom. The fourth-order valence-corrected chi connectivity index (χ4v) is 7.60. The zero-order valence-corrected chi connectivity index (χ0v) is 21.5. The number of hydrogen-bond donors (Lipinski definition) is 0. The number of para-hydroxylation sites is 1. The molecule has 0 aliphatic heterocycles. The molecule has 0 saturated carbocycles. The third kappa shape index (κ3) is 2.46. The molecule has 1 spiro atoms. The summed E-state index contributed by atoms with van der Waals surface area (Å²) in [6.07, 6.45) is 0. The molecule has 0 bridgehead atoms. The van der Waals surface area contributed by atoms with Gasteiger partial charge in [-0.2, -0.15) is 0 Å². The lowest BCUT2D eigenvalue weighted by Crippen LogP contribution is -2.26. The molecule has 1 aromatic heterocycles. The topological polar surface area (TPSA) is 13.1 Å². The first-order valence-electron chi connectivity index (χ1n) is 13.6. The van der Waals surface area contributed by atoms with Gasteiger partial charge in [-0.3, -0.25) is 0 Å². The Bertz CT molecular complexity index is 2140. The highest BCUT2D eigenvalue weighted by Gasteiger charge is 2.53. The van der Waals surface area contributed by atoms with Gasteiger partial charge in [0, 0.05) is 10.8 Å². The molecule has 6 aromatic carbocycles. The molecular formula is C38H24O. The SMILES string of the molecule is Cc1ccccc1-c1cccc2c1C1(c3ccccc3-2)c2ccccc2-c2c1ccc1oc3ccccc3c21. The van der Waals surface area contributed by atoms with E-state index in [1.165, 1.54) is 72.0 Å². The van der Waals surface area contributed by atoms with Crippen LogP contribution in [0.1, 0.15) is 27.8 Å². The number of fused-ring (bicyclic) bond motifs is 14. The van der Waals surface area contributed by atoms with E-state index >= 15 is 0 Å². The summed E-state index contributed by atoms with van der Waals surface area (Å²) in [6, 6.07) is 46.7. The Morgan fingerprint density at radius 1 is 0.462 bits per heavy atom. The van der Waals surface area contributed by atoms with Gasteiger partial charge in [-0.15, -0.1) is 0 Å². The summed E-state index contributed by atoms with van der Waals surface area (Å²) >= 11 is 0. The number of furan rings is 1. The number of aryl methyl sites for hydroxylation is 1. The quantitative estimate of drug-likeness (QED) is 0.220. The first kappa shape index (κ1) is 21.1. The molecule has 1 unspecified atom stereocenters. The molecule has 2 aliphatic carbocycles. The second-order valence-corrected chi connectivity index (χ2v) is 10.8. The molecule has 1 heterocycles. The summed E-state index contributed by atoms with van der Waals surface area (Å²) in [5, 5.41) is 2.39. The molecule has 1 heteroatoms. The fraction of sp³-hybridized carbons (Fsp3) is 0.0526. The summed E-state index contributed by atoms with van der Waals surface area (Å²) in [5.74, 6) is 0. The van der Waals surface area contributed by atoms with Crippen LogP contribution in [0.5, 0.6) is 0 Å². The fourth-order valence-electron chi connectivity index (χ4n) is 7.60. The Kier molecular flexibility index (Phi) is 3.98. The predicted molar refractivity (Wildman–Crippen MR) is 160 cm³/mol. The zero-order chi connectivity index (χ0) is 25.7. The minimum atomic E-state index is -0.413. The minimum absolute atomic E-state index is 0.413. The third-order valence-corrected chi connectivity index (χ3v) is 9.04. The van der Waals surface area contributed by atoms with E-state index in [1.807, 2.05) is 0 Å². The molecule has 1 nitrogen and oxygen atoms in total. The van der Waals surface area contributed by atoms with Gasteiger partial charge in [-0.1, -0.05) is 115 Å². The highest BCUT2D eigenvalue weighted by molar-refractivity contribution is 6.16. The molecule has 0 fully saturated rings. The molecular weight excluding hydrogens is 472 g/mol. The highest BCUT2D eigenvalue weighted by Crippen LogP contribution is 2.65. The second-order valence-electron chi connectivity index (χ2n) is 10.8. The van der Waals surface area contributed by atoms with Crippen molar-refractivity contribution < 1.29 is 4.42 Å². The van der Waals surface area contributed by atoms with Crippen LogP contribution >= 0.6 is 0 Å². The largest absolute Gasteiger partial charge is 0.456 e. The minimum Gasteiger partial charge on any atom is -0.456 e. The van der Waals surface area contributed by atoms with E-state index in [1.54, 1.807) is 0 Å². The number of hydrogen-bond acceptors (Lipinski definition) is 1. The Hall–Kier alpha value is -4.88. The number of benzene rings is 6. The predicted octanol–water partition coefficient (Wildman–Crippen LogP) is 9.90. The van der Waals surface area contributed by atoms with Crippen LogP contribution in [0.2, 0.25) is 0 Å². The lowest BCUT2D eigenvalue weighted by Gasteiger charge is -2.32. The molecule has 182 valence electrons. The summed E-state index contributed by atoms with van der Waals surface area (Å²) < 4.78 is 6.39. The van der Waals surface area contributed by atoms with Gasteiger partial charge in [0.25, 0.3) is 0 Å². The van der Waals surface area contributed by atoms with E-state index in [-0.39, 0.29) is 0 Å². The molecule has 7 aromatic rings. The average Bonchev–Trinajstić information content (AvgIpc) is 3.61. The molecule has 0 saturated heterocycles. The van der Waals surface area contributed by atoms with E-state index in [2.05, 4.69) is 134 Å². The van der Waals surface area contributed by atoms with Crippen molar-refractivity contribution in [1.29, 1.82) is 0 Å². The van der Waals surface area contributed by atoms with Gasteiger partial charge in [0.15, 0.2) is 0 Å². The van der Waals surface area contributed by atoms with E-state index in [0.717, 1.165) is 11.2 Å². The summed E-state index contributed by atoms with van der Waals surface area (Å²) in [7, 11) is 0. The van der Waals surface area contributed by atoms with Crippen molar-refractivity contribution in [1.82, 2.24) is 0 Å². The van der Waals surface area contributed by atoms with Crippen LogP contribution in [-0.4, -0.2) is 0 Å². The maximum absolute atomic E-state index is 6.39. The van der Waals surface area contributed by atoms with Gasteiger partial charge >= 0.3 is 0 Å². The van der Waals surface area contributed by atoms with Gasteiger partial charge in [-0.25, -0.2) is 0 Å². The van der Waals surface area contributed by atoms with Crippen LogP contribution in [0.4, 0.5) is 0 Å². The van der Waals surface area contributed by atoms with Gasteiger partial charge in [0.1, 0.15) is 11.2 Å². The van der Waals surface area contributed by atoms with Crippen LogP contribution in [0, 0.1) is 6.92 Å². The first-order valence-corrected chi connectivity index (χ1v) is 13.6. The van der Waals surface area contributed by atoms with Crippen molar-refractivity contribution in [2.75, 3.05) is 0 Å². The number of rotatable bonds is 1. The molecule has 0 N–H and O–H groups in total.